The quantitative estimate of drug-likeness (QED) is 0.800. The van der Waals surface area contributed by atoms with Gasteiger partial charge < -0.3 is 24.6 Å². The van der Waals surface area contributed by atoms with Crippen molar-refractivity contribution in [2.24, 2.45) is 0 Å². The molecule has 8 nitrogen and oxygen atoms in total. The van der Waals surface area contributed by atoms with Crippen molar-refractivity contribution in [3.8, 4) is 0 Å². The Morgan fingerprint density at radius 3 is 3.11 bits per heavy atom. The first-order valence-electron chi connectivity index (χ1n) is 5.90. The van der Waals surface area contributed by atoms with E-state index in [2.05, 4.69) is 15.0 Å². The van der Waals surface area contributed by atoms with Crippen molar-refractivity contribution < 1.29 is 24.0 Å². The smallest absolute Gasteiger partial charge is 0.317 e. The number of hydrogen-bond acceptors (Lipinski definition) is 5. The number of urea groups is 1. The van der Waals surface area contributed by atoms with Crippen LogP contribution in [0.5, 0.6) is 0 Å². The van der Waals surface area contributed by atoms with Gasteiger partial charge in [-0.2, -0.15) is 0 Å². The van der Waals surface area contributed by atoms with E-state index in [0.717, 1.165) is 0 Å². The van der Waals surface area contributed by atoms with E-state index in [1.165, 1.54) is 11.2 Å². The number of rotatable bonds is 4. The molecule has 0 saturated carbocycles. The number of nitrogens with one attached hydrogen (secondary N) is 1. The van der Waals surface area contributed by atoms with E-state index in [9.17, 15) is 9.59 Å². The normalized spacial score (nSPS) is 19.2. The van der Waals surface area contributed by atoms with Crippen LogP contribution in [-0.2, 0) is 16.1 Å². The minimum absolute atomic E-state index is 0.104. The highest BCUT2D eigenvalue weighted by atomic mass is 16.5. The molecule has 1 aliphatic heterocycles. The third-order valence-corrected chi connectivity index (χ3v) is 2.74. The molecule has 0 aliphatic carbocycles. The van der Waals surface area contributed by atoms with Crippen molar-refractivity contribution in [2.45, 2.75) is 19.1 Å². The predicted octanol–water partition coefficient (Wildman–Crippen LogP) is 0.0597. The zero-order valence-electron chi connectivity index (χ0n) is 10.2. The number of aromatic nitrogens is 1. The molecule has 2 heterocycles. The molecule has 0 radical (unpaired) electrons. The van der Waals surface area contributed by atoms with Crippen molar-refractivity contribution in [1.82, 2.24) is 15.4 Å². The summed E-state index contributed by atoms with van der Waals surface area (Å²) in [5, 5.41) is 15.1. The summed E-state index contributed by atoms with van der Waals surface area (Å²) in [7, 11) is 0. The molecule has 1 saturated heterocycles. The number of amides is 2. The first-order valence-corrected chi connectivity index (χ1v) is 5.90. The van der Waals surface area contributed by atoms with Crippen LogP contribution >= 0.6 is 0 Å². The average Bonchev–Trinajstić information content (AvgIpc) is 2.88. The summed E-state index contributed by atoms with van der Waals surface area (Å²) in [6, 6.07) is 1.40. The van der Waals surface area contributed by atoms with E-state index in [-0.39, 0.29) is 25.5 Å². The maximum atomic E-state index is 11.9. The second kappa shape index (κ2) is 6.19. The maximum absolute atomic E-state index is 11.9. The first kappa shape index (κ1) is 13.3. The van der Waals surface area contributed by atoms with E-state index < -0.39 is 12.1 Å². The number of nitrogens with zero attached hydrogens (tertiary/aromatic N) is 2. The number of morpholine rings is 1. The standard InChI is InChI=1S/C11H15N3O5/c15-10(16)5-9-7-14(2-4-18-9)11(17)12-6-8-1-3-19-13-8/h1,3,9H,2,4-7H2,(H,12,17)(H,15,16). The van der Waals surface area contributed by atoms with Gasteiger partial charge in [-0.15, -0.1) is 0 Å². The summed E-state index contributed by atoms with van der Waals surface area (Å²) in [5.41, 5.74) is 0.628. The fourth-order valence-corrected chi connectivity index (χ4v) is 1.83. The highest BCUT2D eigenvalue weighted by Gasteiger charge is 2.25. The van der Waals surface area contributed by atoms with Crippen LogP contribution in [-0.4, -0.2) is 53.0 Å². The molecule has 8 heteroatoms. The van der Waals surface area contributed by atoms with Crippen molar-refractivity contribution >= 4 is 12.0 Å². The summed E-state index contributed by atoms with van der Waals surface area (Å²) in [6.45, 7) is 1.34. The van der Waals surface area contributed by atoms with Crippen molar-refractivity contribution in [1.29, 1.82) is 0 Å². The number of carboxylic acid groups (broad SMARTS) is 1. The highest BCUT2D eigenvalue weighted by molar-refractivity contribution is 5.74. The molecule has 1 fully saturated rings. The Labute approximate surface area is 109 Å². The molecule has 1 unspecified atom stereocenters. The Hall–Kier alpha value is -2.09. The molecule has 0 spiro atoms. The molecule has 0 bridgehead atoms. The first-order chi connectivity index (χ1) is 9.15. The van der Waals surface area contributed by atoms with Gasteiger partial charge in [-0.1, -0.05) is 5.16 Å². The molecule has 2 amide bonds. The lowest BCUT2D eigenvalue weighted by molar-refractivity contribution is -0.141. The van der Waals surface area contributed by atoms with E-state index in [1.54, 1.807) is 6.07 Å². The Kier molecular flexibility index (Phi) is 4.35. The Balaban J connectivity index is 1.79. The van der Waals surface area contributed by atoms with Crippen LogP contribution in [0.2, 0.25) is 0 Å². The second-order valence-electron chi connectivity index (χ2n) is 4.19. The molecule has 2 N–H and O–H groups in total. The minimum atomic E-state index is -0.935. The van der Waals surface area contributed by atoms with Gasteiger partial charge in [0, 0.05) is 19.2 Å². The number of ether oxygens (including phenoxy) is 1. The molecular weight excluding hydrogens is 254 g/mol. The van der Waals surface area contributed by atoms with E-state index >= 15 is 0 Å². The molecule has 1 aliphatic rings. The third-order valence-electron chi connectivity index (χ3n) is 2.74. The van der Waals surface area contributed by atoms with Gasteiger partial charge in [0.2, 0.25) is 0 Å². The van der Waals surface area contributed by atoms with Crippen LogP contribution in [0.1, 0.15) is 12.1 Å². The molecule has 1 aromatic rings. The largest absolute Gasteiger partial charge is 0.481 e. The lowest BCUT2D eigenvalue weighted by Crippen LogP contribution is -2.49. The van der Waals surface area contributed by atoms with Gasteiger partial charge in [-0.25, -0.2) is 4.79 Å². The fraction of sp³-hybridized carbons (Fsp3) is 0.545. The van der Waals surface area contributed by atoms with Gasteiger partial charge in [0.05, 0.1) is 25.7 Å². The summed E-state index contributed by atoms with van der Waals surface area (Å²) in [4.78, 5) is 24.0. The van der Waals surface area contributed by atoms with Crippen LogP contribution in [0.15, 0.2) is 16.9 Å². The molecule has 2 rings (SSSR count). The van der Waals surface area contributed by atoms with Gasteiger partial charge >= 0.3 is 12.0 Å². The van der Waals surface area contributed by atoms with Gasteiger partial charge in [0.15, 0.2) is 0 Å². The summed E-state index contributed by atoms with van der Waals surface area (Å²) >= 11 is 0. The molecular formula is C11H15N3O5. The van der Waals surface area contributed by atoms with Crippen LogP contribution in [0.4, 0.5) is 4.79 Å². The van der Waals surface area contributed by atoms with Crippen molar-refractivity contribution in [2.75, 3.05) is 19.7 Å². The monoisotopic (exact) mass is 269 g/mol. The number of carboxylic acids is 1. The minimum Gasteiger partial charge on any atom is -0.481 e. The Morgan fingerprint density at radius 1 is 1.58 bits per heavy atom. The summed E-state index contributed by atoms with van der Waals surface area (Å²) < 4.78 is 9.94. The average molecular weight is 269 g/mol. The molecule has 0 aromatic carbocycles. The fourth-order valence-electron chi connectivity index (χ4n) is 1.83. The van der Waals surface area contributed by atoms with Crippen molar-refractivity contribution in [3.63, 3.8) is 0 Å². The predicted molar refractivity (Wildman–Crippen MR) is 62.3 cm³/mol. The van der Waals surface area contributed by atoms with E-state index in [1.807, 2.05) is 0 Å². The molecule has 1 atom stereocenters. The lowest BCUT2D eigenvalue weighted by atomic mass is 10.2. The summed E-state index contributed by atoms with van der Waals surface area (Å²) in [6.07, 6.45) is 0.871. The topological polar surface area (TPSA) is 105 Å². The molecule has 19 heavy (non-hydrogen) atoms. The van der Waals surface area contributed by atoms with Gasteiger partial charge in [0.25, 0.3) is 0 Å². The summed E-state index contributed by atoms with van der Waals surface area (Å²) in [5.74, 6) is -0.935. The Bertz CT molecular complexity index is 434. The maximum Gasteiger partial charge on any atom is 0.317 e. The van der Waals surface area contributed by atoms with Crippen LogP contribution < -0.4 is 5.32 Å². The molecule has 1 aromatic heterocycles. The van der Waals surface area contributed by atoms with Crippen LogP contribution in [0.3, 0.4) is 0 Å². The second-order valence-corrected chi connectivity index (χ2v) is 4.19. The van der Waals surface area contributed by atoms with Crippen molar-refractivity contribution in [3.05, 3.63) is 18.0 Å². The number of aliphatic carboxylic acids is 1. The van der Waals surface area contributed by atoms with E-state index in [4.69, 9.17) is 9.84 Å². The number of hydrogen-bond donors (Lipinski definition) is 2. The van der Waals surface area contributed by atoms with Gasteiger partial charge in [0.1, 0.15) is 12.0 Å². The highest BCUT2D eigenvalue weighted by Crippen LogP contribution is 2.09. The molecule has 104 valence electrons. The Morgan fingerprint density at radius 2 is 2.42 bits per heavy atom. The third kappa shape index (κ3) is 3.95. The number of carbonyl (C=O) groups is 2. The lowest BCUT2D eigenvalue weighted by Gasteiger charge is -2.32. The zero-order chi connectivity index (χ0) is 13.7. The van der Waals surface area contributed by atoms with Crippen LogP contribution in [0.25, 0.3) is 0 Å². The zero-order valence-corrected chi connectivity index (χ0v) is 10.2. The van der Waals surface area contributed by atoms with Crippen LogP contribution in [0, 0.1) is 0 Å². The van der Waals surface area contributed by atoms with E-state index in [0.29, 0.717) is 18.8 Å². The number of carbonyl (C=O) groups excluding carboxylic acids is 1. The SMILES string of the molecule is O=C(O)CC1CN(C(=O)NCc2ccon2)CCO1. The van der Waals surface area contributed by atoms with Gasteiger partial charge in [-0.05, 0) is 0 Å². The van der Waals surface area contributed by atoms with Gasteiger partial charge in [-0.3, -0.25) is 4.79 Å².